The fourth-order valence-electron chi connectivity index (χ4n) is 3.88. The van der Waals surface area contributed by atoms with Gasteiger partial charge in [-0.1, -0.05) is 0 Å². The second kappa shape index (κ2) is 7.42. The standard InChI is InChI=1S/C22H21N5O4/c1-13-7-14(2)27(25-13)20-6-3-16(10-23-20)24-22(29)15-8-21(28)26(11-15)17-4-5-18-19(9-17)31-12-30-18/h3-7,9-10,15H,8,11-12H2,1-2H3,(H,24,29). The summed E-state index contributed by atoms with van der Waals surface area (Å²) in [5.41, 5.74) is 3.16. The van der Waals surface area contributed by atoms with E-state index in [0.717, 1.165) is 11.4 Å². The smallest absolute Gasteiger partial charge is 0.231 e. The Hall–Kier alpha value is -3.88. The lowest BCUT2D eigenvalue weighted by Gasteiger charge is -2.17. The van der Waals surface area contributed by atoms with Crippen LogP contribution in [0.3, 0.4) is 0 Å². The largest absolute Gasteiger partial charge is 0.454 e. The number of amides is 2. The highest BCUT2D eigenvalue weighted by atomic mass is 16.7. The zero-order chi connectivity index (χ0) is 21.5. The van der Waals surface area contributed by atoms with E-state index in [1.165, 1.54) is 0 Å². The molecule has 1 unspecified atom stereocenters. The normalized spacial score (nSPS) is 17.3. The Morgan fingerprint density at radius 2 is 1.97 bits per heavy atom. The van der Waals surface area contributed by atoms with Crippen molar-refractivity contribution in [1.82, 2.24) is 14.8 Å². The van der Waals surface area contributed by atoms with Crippen molar-refractivity contribution in [2.45, 2.75) is 20.3 Å². The molecule has 2 aromatic heterocycles. The summed E-state index contributed by atoms with van der Waals surface area (Å²) in [6.45, 7) is 4.36. The number of aromatic nitrogens is 3. The molecule has 0 spiro atoms. The highest BCUT2D eigenvalue weighted by Crippen LogP contribution is 2.37. The number of pyridine rings is 1. The van der Waals surface area contributed by atoms with Gasteiger partial charge < -0.3 is 19.7 Å². The van der Waals surface area contributed by atoms with Crippen LogP contribution >= 0.6 is 0 Å². The maximum atomic E-state index is 12.8. The van der Waals surface area contributed by atoms with Crippen LogP contribution in [-0.4, -0.2) is 39.9 Å². The molecule has 9 nitrogen and oxygen atoms in total. The third-order valence-corrected chi connectivity index (χ3v) is 5.41. The second-order valence-electron chi connectivity index (χ2n) is 7.68. The first-order valence-electron chi connectivity index (χ1n) is 9.98. The molecule has 0 radical (unpaired) electrons. The van der Waals surface area contributed by atoms with Crippen LogP contribution < -0.4 is 19.7 Å². The second-order valence-corrected chi connectivity index (χ2v) is 7.68. The Labute approximate surface area is 178 Å². The maximum Gasteiger partial charge on any atom is 0.231 e. The molecule has 0 bridgehead atoms. The first-order chi connectivity index (χ1) is 15.0. The Kier molecular flexibility index (Phi) is 4.58. The molecule has 5 rings (SSSR count). The summed E-state index contributed by atoms with van der Waals surface area (Å²) in [7, 11) is 0. The van der Waals surface area contributed by atoms with Crippen LogP contribution in [0.4, 0.5) is 11.4 Å². The Morgan fingerprint density at radius 1 is 1.13 bits per heavy atom. The monoisotopic (exact) mass is 419 g/mol. The summed E-state index contributed by atoms with van der Waals surface area (Å²) in [4.78, 5) is 31.3. The summed E-state index contributed by atoms with van der Waals surface area (Å²) >= 11 is 0. The van der Waals surface area contributed by atoms with Gasteiger partial charge in [0.15, 0.2) is 17.3 Å². The van der Waals surface area contributed by atoms with Crippen LogP contribution in [0.2, 0.25) is 0 Å². The van der Waals surface area contributed by atoms with Gasteiger partial charge in [0, 0.05) is 30.4 Å². The van der Waals surface area contributed by atoms with Crippen molar-refractivity contribution < 1.29 is 19.1 Å². The van der Waals surface area contributed by atoms with Crippen LogP contribution in [0.25, 0.3) is 5.82 Å². The summed E-state index contributed by atoms with van der Waals surface area (Å²) in [6.07, 6.45) is 1.74. The Balaban J connectivity index is 1.26. The zero-order valence-electron chi connectivity index (χ0n) is 17.2. The van der Waals surface area contributed by atoms with Gasteiger partial charge in [0.05, 0.1) is 23.5 Å². The molecule has 2 aliphatic rings. The van der Waals surface area contributed by atoms with Crippen molar-refractivity contribution in [3.05, 3.63) is 54.0 Å². The lowest BCUT2D eigenvalue weighted by atomic mass is 10.1. The number of fused-ring (bicyclic) bond motifs is 1. The van der Waals surface area contributed by atoms with Crippen molar-refractivity contribution in [3.63, 3.8) is 0 Å². The Morgan fingerprint density at radius 3 is 2.71 bits per heavy atom. The SMILES string of the molecule is Cc1cc(C)n(-c2ccc(NC(=O)C3CC(=O)N(c4ccc5c(c4)OCO5)C3)cn2)n1. The average molecular weight is 419 g/mol. The van der Waals surface area contributed by atoms with E-state index in [4.69, 9.17) is 9.47 Å². The first kappa shape index (κ1) is 19.1. The third kappa shape index (κ3) is 3.58. The number of rotatable bonds is 4. The number of carbonyl (C=O) groups excluding carboxylic acids is 2. The molecule has 1 saturated heterocycles. The molecule has 0 saturated carbocycles. The molecular formula is C22H21N5O4. The van der Waals surface area contributed by atoms with Gasteiger partial charge >= 0.3 is 0 Å². The molecule has 158 valence electrons. The summed E-state index contributed by atoms with van der Waals surface area (Å²) in [6, 6.07) is 10.9. The summed E-state index contributed by atoms with van der Waals surface area (Å²) in [5, 5.41) is 7.27. The number of carbonyl (C=O) groups is 2. The summed E-state index contributed by atoms with van der Waals surface area (Å²) < 4.78 is 12.4. The third-order valence-electron chi connectivity index (χ3n) is 5.41. The highest BCUT2D eigenvalue weighted by Gasteiger charge is 2.35. The molecule has 2 aliphatic heterocycles. The molecule has 3 aromatic rings. The van der Waals surface area contributed by atoms with Crippen molar-refractivity contribution in [3.8, 4) is 17.3 Å². The zero-order valence-corrected chi connectivity index (χ0v) is 17.2. The lowest BCUT2D eigenvalue weighted by molar-refractivity contribution is -0.122. The van der Waals surface area contributed by atoms with Gasteiger partial charge in [-0.2, -0.15) is 5.10 Å². The van der Waals surface area contributed by atoms with Crippen LogP contribution in [0, 0.1) is 19.8 Å². The number of hydrogen-bond acceptors (Lipinski definition) is 6. The van der Waals surface area contributed by atoms with Crippen LogP contribution in [0.1, 0.15) is 17.8 Å². The van der Waals surface area contributed by atoms with Crippen molar-refractivity contribution >= 4 is 23.2 Å². The number of hydrogen-bond donors (Lipinski definition) is 1. The number of ether oxygens (including phenoxy) is 2. The summed E-state index contributed by atoms with van der Waals surface area (Å²) in [5.74, 6) is 1.17. The fraction of sp³-hybridized carbons (Fsp3) is 0.273. The van der Waals surface area contributed by atoms with E-state index in [0.29, 0.717) is 35.2 Å². The quantitative estimate of drug-likeness (QED) is 0.698. The topological polar surface area (TPSA) is 98.6 Å². The van der Waals surface area contributed by atoms with E-state index >= 15 is 0 Å². The van der Waals surface area contributed by atoms with Gasteiger partial charge in [-0.15, -0.1) is 0 Å². The molecule has 9 heteroatoms. The molecule has 1 N–H and O–H groups in total. The van der Waals surface area contributed by atoms with Crippen LogP contribution in [-0.2, 0) is 9.59 Å². The minimum absolute atomic E-state index is 0.1000. The molecule has 4 heterocycles. The minimum atomic E-state index is -0.450. The van der Waals surface area contributed by atoms with E-state index in [1.54, 1.807) is 46.1 Å². The first-order valence-corrected chi connectivity index (χ1v) is 9.98. The van der Waals surface area contributed by atoms with E-state index in [1.807, 2.05) is 19.9 Å². The van der Waals surface area contributed by atoms with E-state index in [2.05, 4.69) is 15.4 Å². The number of nitrogens with zero attached hydrogens (tertiary/aromatic N) is 4. The van der Waals surface area contributed by atoms with Gasteiger partial charge in [0.2, 0.25) is 18.6 Å². The van der Waals surface area contributed by atoms with Crippen LogP contribution in [0.15, 0.2) is 42.6 Å². The van der Waals surface area contributed by atoms with Crippen molar-refractivity contribution in [1.29, 1.82) is 0 Å². The number of benzene rings is 1. The van der Waals surface area contributed by atoms with Gasteiger partial charge in [-0.3, -0.25) is 9.59 Å². The fourth-order valence-corrected chi connectivity index (χ4v) is 3.88. The minimum Gasteiger partial charge on any atom is -0.454 e. The molecule has 1 fully saturated rings. The maximum absolute atomic E-state index is 12.8. The Bertz CT molecular complexity index is 1170. The number of nitrogens with one attached hydrogen (secondary N) is 1. The van der Waals surface area contributed by atoms with E-state index < -0.39 is 5.92 Å². The predicted octanol–water partition coefficient (Wildman–Crippen LogP) is 2.60. The lowest BCUT2D eigenvalue weighted by Crippen LogP contribution is -2.28. The number of aryl methyl sites for hydroxylation is 2. The predicted molar refractivity (Wildman–Crippen MR) is 112 cm³/mol. The highest BCUT2D eigenvalue weighted by molar-refractivity contribution is 6.03. The van der Waals surface area contributed by atoms with Crippen molar-refractivity contribution in [2.75, 3.05) is 23.6 Å². The van der Waals surface area contributed by atoms with Crippen LogP contribution in [0.5, 0.6) is 11.5 Å². The van der Waals surface area contributed by atoms with E-state index in [-0.39, 0.29) is 25.0 Å². The van der Waals surface area contributed by atoms with E-state index in [9.17, 15) is 9.59 Å². The molecule has 0 aliphatic carbocycles. The molecular weight excluding hydrogens is 398 g/mol. The van der Waals surface area contributed by atoms with Gasteiger partial charge in [-0.05, 0) is 44.2 Å². The van der Waals surface area contributed by atoms with Gasteiger partial charge in [0.25, 0.3) is 0 Å². The molecule has 1 atom stereocenters. The number of anilines is 2. The molecule has 31 heavy (non-hydrogen) atoms. The van der Waals surface area contributed by atoms with Gasteiger partial charge in [-0.25, -0.2) is 9.67 Å². The van der Waals surface area contributed by atoms with Gasteiger partial charge in [0.1, 0.15) is 0 Å². The molecule has 2 amide bonds. The van der Waals surface area contributed by atoms with Crippen molar-refractivity contribution in [2.24, 2.45) is 5.92 Å². The average Bonchev–Trinajstić information content (AvgIpc) is 3.46. The molecule has 1 aromatic carbocycles.